The number of amides is 1. The lowest BCUT2D eigenvalue weighted by Crippen LogP contribution is -2.39. The van der Waals surface area contributed by atoms with Gasteiger partial charge in [-0.05, 0) is 62.6 Å². The molecule has 0 bridgehead atoms. The van der Waals surface area contributed by atoms with E-state index in [1.54, 1.807) is 30.3 Å². The third kappa shape index (κ3) is 4.85. The molecule has 1 aromatic heterocycles. The number of hydrogen-bond acceptors (Lipinski definition) is 6. The fourth-order valence-corrected chi connectivity index (χ4v) is 6.52. The van der Waals surface area contributed by atoms with E-state index < -0.39 is 10.0 Å². The average molecular weight is 491 g/mol. The van der Waals surface area contributed by atoms with E-state index >= 15 is 0 Å². The first-order chi connectivity index (χ1) is 15.2. The van der Waals surface area contributed by atoms with Gasteiger partial charge in [0.1, 0.15) is 5.01 Å². The van der Waals surface area contributed by atoms with Crippen molar-refractivity contribution in [2.45, 2.75) is 37.5 Å². The normalized spacial score (nSPS) is 17.3. The van der Waals surface area contributed by atoms with Crippen molar-refractivity contribution in [3.8, 4) is 0 Å². The Balaban J connectivity index is 1.48. The molecule has 2 aromatic carbocycles. The van der Waals surface area contributed by atoms with Gasteiger partial charge in [-0.2, -0.15) is 4.31 Å². The number of anilines is 1. The highest BCUT2D eigenvalue weighted by atomic mass is 35.5. The number of halogens is 1. The quantitative estimate of drug-likeness (QED) is 0.563. The summed E-state index contributed by atoms with van der Waals surface area (Å²) in [5.74, 6) is -0.453. The number of rotatable bonds is 5. The van der Waals surface area contributed by atoms with Crippen LogP contribution in [0.4, 0.5) is 5.69 Å². The van der Waals surface area contributed by atoms with E-state index in [2.05, 4.69) is 15.5 Å². The van der Waals surface area contributed by atoms with Crippen LogP contribution in [0.25, 0.3) is 0 Å². The van der Waals surface area contributed by atoms with E-state index in [0.29, 0.717) is 33.7 Å². The van der Waals surface area contributed by atoms with Crippen molar-refractivity contribution in [1.82, 2.24) is 14.5 Å². The van der Waals surface area contributed by atoms with Gasteiger partial charge in [0.2, 0.25) is 15.0 Å². The molecule has 32 heavy (non-hydrogen) atoms. The Morgan fingerprint density at radius 2 is 1.91 bits per heavy atom. The second-order valence-electron chi connectivity index (χ2n) is 7.88. The van der Waals surface area contributed by atoms with Gasteiger partial charge in [0, 0.05) is 29.7 Å². The number of nitrogens with zero attached hydrogens (tertiary/aromatic N) is 3. The molecule has 0 unspecified atom stereocenters. The number of carbonyl (C=O) groups excluding carboxylic acids is 1. The van der Waals surface area contributed by atoms with Gasteiger partial charge in [0.05, 0.1) is 4.90 Å². The number of piperidine rings is 1. The van der Waals surface area contributed by atoms with Crippen molar-refractivity contribution in [2.75, 3.05) is 18.4 Å². The average Bonchev–Trinajstić information content (AvgIpc) is 3.26. The van der Waals surface area contributed by atoms with Gasteiger partial charge in [0.15, 0.2) is 0 Å². The lowest BCUT2D eigenvalue weighted by molar-refractivity contribution is 0.102. The van der Waals surface area contributed by atoms with Crippen LogP contribution in [0.1, 0.15) is 44.7 Å². The predicted molar refractivity (Wildman–Crippen MR) is 126 cm³/mol. The third-order valence-electron chi connectivity index (χ3n) is 5.42. The summed E-state index contributed by atoms with van der Waals surface area (Å²) in [4.78, 5) is 12.9. The third-order valence-corrected chi connectivity index (χ3v) is 8.78. The topological polar surface area (TPSA) is 92.3 Å². The van der Waals surface area contributed by atoms with Crippen molar-refractivity contribution >= 4 is 44.6 Å². The van der Waals surface area contributed by atoms with Crippen LogP contribution in [0.2, 0.25) is 5.02 Å². The highest BCUT2D eigenvalue weighted by Crippen LogP contribution is 2.33. The summed E-state index contributed by atoms with van der Waals surface area (Å²) in [7, 11) is -3.60. The predicted octanol–water partition coefficient (Wildman–Crippen LogP) is 4.63. The van der Waals surface area contributed by atoms with E-state index in [1.165, 1.54) is 15.6 Å². The maximum absolute atomic E-state index is 13.3. The van der Waals surface area contributed by atoms with Crippen LogP contribution in [-0.4, -0.2) is 41.9 Å². The SMILES string of the molecule is Cc1ccc(S(=O)(=O)N2CCC[C@H](c3nnc(C(=O)Nc4ccc(Cl)cc4)s3)C2)c(C)c1. The Hall–Kier alpha value is -2.33. The smallest absolute Gasteiger partial charge is 0.286 e. The maximum atomic E-state index is 13.3. The van der Waals surface area contributed by atoms with Gasteiger partial charge in [-0.3, -0.25) is 4.79 Å². The van der Waals surface area contributed by atoms with Crippen molar-refractivity contribution in [1.29, 1.82) is 0 Å². The molecule has 0 saturated carbocycles. The molecule has 0 aliphatic carbocycles. The fourth-order valence-electron chi connectivity index (χ4n) is 3.80. The minimum atomic E-state index is -3.60. The molecule has 2 heterocycles. The Morgan fingerprint density at radius 1 is 1.16 bits per heavy atom. The van der Waals surface area contributed by atoms with Crippen molar-refractivity contribution < 1.29 is 13.2 Å². The summed E-state index contributed by atoms with van der Waals surface area (Å²) in [6.07, 6.45) is 1.52. The van der Waals surface area contributed by atoms with Crippen LogP contribution in [0.3, 0.4) is 0 Å². The first-order valence-electron chi connectivity index (χ1n) is 10.2. The van der Waals surface area contributed by atoms with E-state index in [9.17, 15) is 13.2 Å². The Bertz CT molecular complexity index is 1240. The zero-order valence-corrected chi connectivity index (χ0v) is 20.1. The standard InChI is InChI=1S/C22H23ClN4O3S2/c1-14-5-10-19(15(2)12-14)32(29,30)27-11-3-4-16(13-27)21-25-26-22(31-21)20(28)24-18-8-6-17(23)7-9-18/h5-10,12,16H,3-4,11,13H2,1-2H3,(H,24,28)/t16-/m0/s1. The van der Waals surface area contributed by atoms with Gasteiger partial charge in [0.25, 0.3) is 5.91 Å². The lowest BCUT2D eigenvalue weighted by atomic mass is 10.0. The van der Waals surface area contributed by atoms with Crippen LogP contribution < -0.4 is 5.32 Å². The Labute approximate surface area is 196 Å². The summed E-state index contributed by atoms with van der Waals surface area (Å²) in [6, 6.07) is 12.2. The number of aromatic nitrogens is 2. The van der Waals surface area contributed by atoms with Crippen molar-refractivity contribution in [2.24, 2.45) is 0 Å². The molecule has 1 aliphatic heterocycles. The van der Waals surface area contributed by atoms with Gasteiger partial charge in [-0.15, -0.1) is 10.2 Å². The van der Waals surface area contributed by atoms with Gasteiger partial charge in [-0.25, -0.2) is 8.42 Å². The second-order valence-corrected chi connectivity index (χ2v) is 11.2. The summed E-state index contributed by atoms with van der Waals surface area (Å²) < 4.78 is 28.0. The first-order valence-corrected chi connectivity index (χ1v) is 12.9. The number of nitrogens with one attached hydrogen (secondary N) is 1. The molecule has 1 saturated heterocycles. The minimum absolute atomic E-state index is 0.0983. The zero-order chi connectivity index (χ0) is 22.9. The van der Waals surface area contributed by atoms with Crippen molar-refractivity contribution in [3.63, 3.8) is 0 Å². The van der Waals surface area contributed by atoms with Crippen LogP contribution >= 0.6 is 22.9 Å². The van der Waals surface area contributed by atoms with Crippen molar-refractivity contribution in [3.05, 3.63) is 68.6 Å². The summed E-state index contributed by atoms with van der Waals surface area (Å²) in [5, 5.41) is 12.5. The number of hydrogen-bond donors (Lipinski definition) is 1. The Morgan fingerprint density at radius 3 is 2.62 bits per heavy atom. The van der Waals surface area contributed by atoms with E-state index in [1.807, 2.05) is 26.0 Å². The molecule has 168 valence electrons. The van der Waals surface area contributed by atoms with Crippen LogP contribution in [0.15, 0.2) is 47.4 Å². The van der Waals surface area contributed by atoms with E-state index in [4.69, 9.17) is 11.6 Å². The Kier molecular flexibility index (Phi) is 6.62. The summed E-state index contributed by atoms with van der Waals surface area (Å²) in [5.41, 5.74) is 2.37. The molecule has 3 aromatic rings. The maximum Gasteiger partial charge on any atom is 0.286 e. The zero-order valence-electron chi connectivity index (χ0n) is 17.7. The molecule has 7 nitrogen and oxygen atoms in total. The van der Waals surface area contributed by atoms with Gasteiger partial charge in [-0.1, -0.05) is 40.6 Å². The molecular formula is C22H23ClN4O3S2. The number of carbonyl (C=O) groups is 1. The molecule has 1 N–H and O–H groups in total. The molecule has 1 aliphatic rings. The highest BCUT2D eigenvalue weighted by Gasteiger charge is 2.33. The van der Waals surface area contributed by atoms with Crippen LogP contribution in [0.5, 0.6) is 0 Å². The summed E-state index contributed by atoms with van der Waals surface area (Å²) >= 11 is 7.07. The second kappa shape index (κ2) is 9.27. The molecule has 1 fully saturated rings. The lowest BCUT2D eigenvalue weighted by Gasteiger charge is -2.31. The largest absolute Gasteiger partial charge is 0.320 e. The summed E-state index contributed by atoms with van der Waals surface area (Å²) in [6.45, 7) is 4.55. The number of aryl methyl sites for hydroxylation is 2. The molecule has 0 spiro atoms. The first kappa shape index (κ1) is 22.8. The monoisotopic (exact) mass is 490 g/mol. The van der Waals surface area contributed by atoms with Gasteiger partial charge >= 0.3 is 0 Å². The molecule has 4 rings (SSSR count). The number of sulfonamides is 1. The molecule has 10 heteroatoms. The molecule has 0 radical (unpaired) electrons. The van der Waals surface area contributed by atoms with E-state index in [0.717, 1.165) is 24.0 Å². The minimum Gasteiger partial charge on any atom is -0.320 e. The van der Waals surface area contributed by atoms with Gasteiger partial charge < -0.3 is 5.32 Å². The molecular weight excluding hydrogens is 468 g/mol. The molecule has 1 amide bonds. The molecule has 1 atom stereocenters. The number of benzene rings is 2. The van der Waals surface area contributed by atoms with E-state index in [-0.39, 0.29) is 16.8 Å². The highest BCUT2D eigenvalue weighted by molar-refractivity contribution is 7.89. The van der Waals surface area contributed by atoms with Crippen LogP contribution in [0, 0.1) is 13.8 Å². The fraction of sp³-hybridized carbons (Fsp3) is 0.318. The van der Waals surface area contributed by atoms with Crippen LogP contribution in [-0.2, 0) is 10.0 Å².